The number of carbonyl (C=O) groups is 1. The summed E-state index contributed by atoms with van der Waals surface area (Å²) in [5, 5.41) is 9.28. The molecule has 1 N–H and O–H groups in total. The van der Waals surface area contributed by atoms with Crippen molar-refractivity contribution in [3.63, 3.8) is 0 Å². The van der Waals surface area contributed by atoms with Crippen molar-refractivity contribution in [3.05, 3.63) is 0 Å². The van der Waals surface area contributed by atoms with Gasteiger partial charge in [-0.1, -0.05) is 12.8 Å². The molecule has 1 rings (SSSR count). The van der Waals surface area contributed by atoms with Crippen molar-refractivity contribution < 1.29 is 14.6 Å². The molecule has 16 heavy (non-hydrogen) atoms. The van der Waals surface area contributed by atoms with Crippen LogP contribution >= 0.6 is 0 Å². The van der Waals surface area contributed by atoms with Crippen LogP contribution in [0.2, 0.25) is 0 Å². The molecule has 1 fully saturated rings. The molecule has 0 bridgehead atoms. The number of carbonyl (C=O) groups excluding carboxylic acids is 1. The topological polar surface area (TPSA) is 49.8 Å². The average molecular weight is 229 g/mol. The highest BCUT2D eigenvalue weighted by Crippen LogP contribution is 2.17. The predicted molar refractivity (Wildman–Crippen MR) is 62.2 cm³/mol. The number of hydrogen-bond donors (Lipinski definition) is 1. The molecule has 0 spiro atoms. The van der Waals surface area contributed by atoms with Gasteiger partial charge in [-0.2, -0.15) is 0 Å². The molecular weight excluding hydrogens is 206 g/mol. The lowest BCUT2D eigenvalue weighted by molar-refractivity contribution is -0.135. The third-order valence-corrected chi connectivity index (χ3v) is 3.07. The standard InChI is InChI=1S/C12H23NO3/c1-2-16-9-7-12(15)13-8-5-3-4-6-11(13)10-14/h11,14H,2-10H2,1H3. The fourth-order valence-electron chi connectivity index (χ4n) is 2.14. The minimum Gasteiger partial charge on any atom is -0.394 e. The molecule has 1 aliphatic rings. The van der Waals surface area contributed by atoms with Crippen LogP contribution in [0.25, 0.3) is 0 Å². The fourth-order valence-corrected chi connectivity index (χ4v) is 2.14. The summed E-state index contributed by atoms with van der Waals surface area (Å²) >= 11 is 0. The minimum absolute atomic E-state index is 0.0247. The van der Waals surface area contributed by atoms with Crippen molar-refractivity contribution in [2.75, 3.05) is 26.4 Å². The molecule has 1 atom stereocenters. The van der Waals surface area contributed by atoms with E-state index in [-0.39, 0.29) is 18.6 Å². The van der Waals surface area contributed by atoms with Gasteiger partial charge in [0.2, 0.25) is 5.91 Å². The summed E-state index contributed by atoms with van der Waals surface area (Å²) in [6, 6.07) is 0.0247. The first-order valence-corrected chi connectivity index (χ1v) is 6.27. The van der Waals surface area contributed by atoms with E-state index < -0.39 is 0 Å². The Morgan fingerprint density at radius 3 is 2.94 bits per heavy atom. The molecule has 1 unspecified atom stereocenters. The van der Waals surface area contributed by atoms with E-state index in [2.05, 4.69) is 0 Å². The van der Waals surface area contributed by atoms with E-state index in [0.29, 0.717) is 19.6 Å². The molecule has 94 valence electrons. The summed E-state index contributed by atoms with van der Waals surface area (Å²) < 4.78 is 5.19. The maximum Gasteiger partial charge on any atom is 0.225 e. The summed E-state index contributed by atoms with van der Waals surface area (Å²) in [7, 11) is 0. The van der Waals surface area contributed by atoms with E-state index in [1.165, 1.54) is 0 Å². The molecule has 0 aromatic rings. The second-order valence-corrected chi connectivity index (χ2v) is 4.22. The molecule has 1 aliphatic heterocycles. The van der Waals surface area contributed by atoms with Crippen LogP contribution in [0, 0.1) is 0 Å². The van der Waals surface area contributed by atoms with Crippen LogP contribution < -0.4 is 0 Å². The summed E-state index contributed by atoms with van der Waals surface area (Å²) in [5.74, 6) is 0.120. The lowest BCUT2D eigenvalue weighted by Crippen LogP contribution is -2.42. The molecular formula is C12H23NO3. The first-order valence-electron chi connectivity index (χ1n) is 6.27. The van der Waals surface area contributed by atoms with Crippen LogP contribution in [0.5, 0.6) is 0 Å². The smallest absolute Gasteiger partial charge is 0.225 e. The number of hydrogen-bond acceptors (Lipinski definition) is 3. The summed E-state index contributed by atoms with van der Waals surface area (Å²) in [6.45, 7) is 3.93. The highest BCUT2D eigenvalue weighted by Gasteiger charge is 2.24. The highest BCUT2D eigenvalue weighted by molar-refractivity contribution is 5.76. The first kappa shape index (κ1) is 13.5. The van der Waals surface area contributed by atoms with Crippen molar-refractivity contribution in [2.45, 2.75) is 45.1 Å². The molecule has 1 amide bonds. The lowest BCUT2D eigenvalue weighted by Gasteiger charge is -2.28. The molecule has 4 heteroatoms. The van der Waals surface area contributed by atoms with Gasteiger partial charge in [-0.05, 0) is 19.8 Å². The van der Waals surface area contributed by atoms with Gasteiger partial charge in [0, 0.05) is 13.2 Å². The van der Waals surface area contributed by atoms with E-state index >= 15 is 0 Å². The number of aliphatic hydroxyl groups excluding tert-OH is 1. The van der Waals surface area contributed by atoms with Gasteiger partial charge in [-0.15, -0.1) is 0 Å². The van der Waals surface area contributed by atoms with Crippen LogP contribution in [0.15, 0.2) is 0 Å². The van der Waals surface area contributed by atoms with Crippen LogP contribution in [0.3, 0.4) is 0 Å². The Hall–Kier alpha value is -0.610. The van der Waals surface area contributed by atoms with Crippen LogP contribution in [0.1, 0.15) is 39.0 Å². The first-order chi connectivity index (χ1) is 7.79. The summed E-state index contributed by atoms with van der Waals surface area (Å²) in [6.07, 6.45) is 4.68. The Balaban J connectivity index is 2.42. The molecule has 1 heterocycles. The monoisotopic (exact) mass is 229 g/mol. The van der Waals surface area contributed by atoms with Crippen LogP contribution in [0.4, 0.5) is 0 Å². The normalized spacial score (nSPS) is 21.9. The highest BCUT2D eigenvalue weighted by atomic mass is 16.5. The lowest BCUT2D eigenvalue weighted by atomic mass is 10.1. The Morgan fingerprint density at radius 1 is 1.44 bits per heavy atom. The van der Waals surface area contributed by atoms with Gasteiger partial charge in [0.1, 0.15) is 0 Å². The minimum atomic E-state index is 0.0247. The summed E-state index contributed by atoms with van der Waals surface area (Å²) in [4.78, 5) is 13.8. The Kier molecular flexibility index (Phi) is 6.42. The van der Waals surface area contributed by atoms with Gasteiger partial charge in [0.15, 0.2) is 0 Å². The number of aliphatic hydroxyl groups is 1. The Labute approximate surface area is 97.6 Å². The SMILES string of the molecule is CCOCCC(=O)N1CCCCCC1CO. The molecule has 0 aromatic heterocycles. The van der Waals surface area contributed by atoms with Gasteiger partial charge in [0.05, 0.1) is 25.7 Å². The van der Waals surface area contributed by atoms with Crippen molar-refractivity contribution in [2.24, 2.45) is 0 Å². The number of likely N-dealkylation sites (tertiary alicyclic amines) is 1. The van der Waals surface area contributed by atoms with Gasteiger partial charge in [-0.25, -0.2) is 0 Å². The third kappa shape index (κ3) is 4.10. The van der Waals surface area contributed by atoms with E-state index in [9.17, 15) is 9.90 Å². The van der Waals surface area contributed by atoms with Crippen LogP contribution in [-0.2, 0) is 9.53 Å². The zero-order valence-electron chi connectivity index (χ0n) is 10.2. The van der Waals surface area contributed by atoms with Crippen molar-refractivity contribution in [3.8, 4) is 0 Å². The quantitative estimate of drug-likeness (QED) is 0.720. The van der Waals surface area contributed by atoms with Gasteiger partial charge in [0.25, 0.3) is 0 Å². The number of rotatable bonds is 5. The van der Waals surface area contributed by atoms with Gasteiger partial charge >= 0.3 is 0 Å². The molecule has 1 saturated heterocycles. The maximum atomic E-state index is 11.9. The molecule has 0 radical (unpaired) electrons. The maximum absolute atomic E-state index is 11.9. The van der Waals surface area contributed by atoms with Crippen LogP contribution in [-0.4, -0.2) is 48.3 Å². The summed E-state index contributed by atoms with van der Waals surface area (Å²) in [5.41, 5.74) is 0. The second kappa shape index (κ2) is 7.63. The second-order valence-electron chi connectivity index (χ2n) is 4.22. The largest absolute Gasteiger partial charge is 0.394 e. The van der Waals surface area contributed by atoms with E-state index in [1.807, 2.05) is 11.8 Å². The molecule has 0 saturated carbocycles. The average Bonchev–Trinajstić information content (AvgIpc) is 2.54. The van der Waals surface area contributed by atoms with E-state index in [1.54, 1.807) is 0 Å². The van der Waals surface area contributed by atoms with Gasteiger partial charge < -0.3 is 14.7 Å². The zero-order chi connectivity index (χ0) is 11.8. The number of ether oxygens (including phenoxy) is 1. The number of nitrogens with zero attached hydrogens (tertiary/aromatic N) is 1. The van der Waals surface area contributed by atoms with Crippen molar-refractivity contribution in [1.82, 2.24) is 4.90 Å². The molecule has 0 aromatic carbocycles. The van der Waals surface area contributed by atoms with Gasteiger partial charge in [-0.3, -0.25) is 4.79 Å². The zero-order valence-corrected chi connectivity index (χ0v) is 10.2. The predicted octanol–water partition coefficient (Wildman–Crippen LogP) is 1.18. The Bertz CT molecular complexity index is 208. The van der Waals surface area contributed by atoms with Crippen molar-refractivity contribution in [1.29, 1.82) is 0 Å². The van der Waals surface area contributed by atoms with E-state index in [0.717, 1.165) is 32.2 Å². The Morgan fingerprint density at radius 2 is 2.25 bits per heavy atom. The third-order valence-electron chi connectivity index (χ3n) is 3.07. The van der Waals surface area contributed by atoms with Crippen molar-refractivity contribution >= 4 is 5.91 Å². The fraction of sp³-hybridized carbons (Fsp3) is 0.917. The molecule has 0 aliphatic carbocycles. The molecule has 4 nitrogen and oxygen atoms in total. The number of amides is 1. The van der Waals surface area contributed by atoms with E-state index in [4.69, 9.17) is 4.74 Å².